The molecule has 1 unspecified atom stereocenters. The smallest absolute Gasteiger partial charge is 0.243 e. The average Bonchev–Trinajstić information content (AvgIpc) is 3.19. The lowest BCUT2D eigenvalue weighted by atomic mass is 10.1. The first-order valence-corrected chi connectivity index (χ1v) is 10.3. The molecular formula is C20H32N4O4. The van der Waals surface area contributed by atoms with E-state index in [0.717, 1.165) is 32.1 Å². The van der Waals surface area contributed by atoms with Crippen molar-refractivity contribution in [2.45, 2.75) is 75.6 Å². The van der Waals surface area contributed by atoms with Gasteiger partial charge in [0.15, 0.2) is 5.78 Å². The molecule has 0 aromatic carbocycles. The summed E-state index contributed by atoms with van der Waals surface area (Å²) in [4.78, 5) is 45.0. The van der Waals surface area contributed by atoms with Crippen molar-refractivity contribution in [3.8, 4) is 0 Å². The molecule has 0 aromatic rings. The lowest BCUT2D eigenvalue weighted by molar-refractivity contribution is -0.141. The van der Waals surface area contributed by atoms with Gasteiger partial charge in [0.25, 0.3) is 0 Å². The van der Waals surface area contributed by atoms with Gasteiger partial charge in [-0.1, -0.05) is 25.0 Å². The number of nitrogens with one attached hydrogen (secondary N) is 2. The number of likely N-dealkylation sites (N-methyl/N-ethyl adjacent to an activating group) is 1. The van der Waals surface area contributed by atoms with Gasteiger partial charge in [-0.15, -0.1) is 0 Å². The monoisotopic (exact) mass is 392 g/mol. The molecule has 2 heterocycles. The lowest BCUT2D eigenvalue weighted by Crippen LogP contribution is -2.55. The maximum absolute atomic E-state index is 13.1. The summed E-state index contributed by atoms with van der Waals surface area (Å²) in [5.74, 6) is 4.92. The Morgan fingerprint density at radius 3 is 2.82 bits per heavy atom. The molecular weight excluding hydrogens is 360 g/mol. The van der Waals surface area contributed by atoms with E-state index in [1.54, 1.807) is 11.9 Å². The van der Waals surface area contributed by atoms with E-state index in [0.29, 0.717) is 12.8 Å². The second kappa shape index (κ2) is 8.71. The van der Waals surface area contributed by atoms with Crippen molar-refractivity contribution in [3.05, 3.63) is 12.2 Å². The number of ketones is 1. The summed E-state index contributed by atoms with van der Waals surface area (Å²) in [5.41, 5.74) is -0.841. The fraction of sp³-hybridized carbons (Fsp3) is 0.750. The molecule has 0 radical (unpaired) electrons. The van der Waals surface area contributed by atoms with Crippen molar-refractivity contribution in [2.24, 2.45) is 11.8 Å². The molecule has 28 heavy (non-hydrogen) atoms. The van der Waals surface area contributed by atoms with Crippen LogP contribution in [0.25, 0.3) is 0 Å². The van der Waals surface area contributed by atoms with Crippen LogP contribution in [0.1, 0.15) is 51.9 Å². The number of amides is 2. The molecule has 2 amide bonds. The Bertz CT molecular complexity index is 652. The Hall–Kier alpha value is -1.77. The zero-order chi connectivity index (χ0) is 20.3. The van der Waals surface area contributed by atoms with Crippen LogP contribution in [0, 0.1) is 5.92 Å². The number of allylic oxidation sites excluding steroid dienone is 1. The summed E-state index contributed by atoms with van der Waals surface area (Å²) in [7, 11) is 1.76. The van der Waals surface area contributed by atoms with Crippen LogP contribution >= 0.6 is 0 Å². The van der Waals surface area contributed by atoms with Gasteiger partial charge in [-0.2, -0.15) is 0 Å². The number of hydrogen-bond donors (Lipinski definition) is 3. The Morgan fingerprint density at radius 1 is 1.36 bits per heavy atom. The molecule has 2 aliphatic heterocycles. The zero-order valence-electron chi connectivity index (χ0n) is 16.8. The van der Waals surface area contributed by atoms with Crippen molar-refractivity contribution in [3.63, 3.8) is 0 Å². The summed E-state index contributed by atoms with van der Waals surface area (Å²) in [6.45, 7) is 1.80. The number of nitrogens with zero attached hydrogens (tertiary/aromatic N) is 1. The molecule has 156 valence electrons. The number of Topliss-reactive ketones (excluding diaryl/α,β-unsaturated/α-hetero) is 1. The largest absolute Gasteiger partial charge is 0.341 e. The summed E-state index contributed by atoms with van der Waals surface area (Å²) in [6.07, 6.45) is 9.41. The van der Waals surface area contributed by atoms with Gasteiger partial charge in [-0.25, -0.2) is 5.90 Å². The van der Waals surface area contributed by atoms with Crippen LogP contribution < -0.4 is 16.5 Å². The Labute approximate surface area is 166 Å². The lowest BCUT2D eigenvalue weighted by Gasteiger charge is -2.29. The first kappa shape index (κ1) is 21.0. The van der Waals surface area contributed by atoms with Crippen LogP contribution in [0.15, 0.2) is 12.2 Å². The minimum Gasteiger partial charge on any atom is -0.341 e. The second-order valence-corrected chi connectivity index (χ2v) is 8.24. The highest BCUT2D eigenvalue weighted by atomic mass is 16.6. The van der Waals surface area contributed by atoms with Crippen molar-refractivity contribution >= 4 is 17.6 Å². The molecule has 0 aromatic heterocycles. The Balaban J connectivity index is 1.85. The molecule has 5 atom stereocenters. The summed E-state index contributed by atoms with van der Waals surface area (Å²) in [6, 6.07) is -1.02. The normalized spacial score (nSPS) is 37.9. The second-order valence-electron chi connectivity index (χ2n) is 8.24. The maximum atomic E-state index is 13.1. The quantitative estimate of drug-likeness (QED) is 0.474. The maximum Gasteiger partial charge on any atom is 0.243 e. The topological polar surface area (TPSA) is 114 Å². The van der Waals surface area contributed by atoms with Gasteiger partial charge < -0.3 is 15.5 Å². The van der Waals surface area contributed by atoms with E-state index in [-0.39, 0.29) is 42.2 Å². The predicted molar refractivity (Wildman–Crippen MR) is 104 cm³/mol. The van der Waals surface area contributed by atoms with E-state index < -0.39 is 11.6 Å². The number of carbonyl (C=O) groups excluding carboxylic acids is 3. The molecule has 1 aliphatic carbocycles. The van der Waals surface area contributed by atoms with E-state index in [2.05, 4.69) is 22.8 Å². The number of nitrogens with two attached hydrogens (primary N) is 1. The molecule has 4 N–H and O–H groups in total. The number of hydrogen-bond acceptors (Lipinski definition) is 6. The van der Waals surface area contributed by atoms with Crippen molar-refractivity contribution in [1.29, 1.82) is 0 Å². The highest BCUT2D eigenvalue weighted by Crippen LogP contribution is 2.45. The zero-order valence-corrected chi connectivity index (χ0v) is 16.8. The van der Waals surface area contributed by atoms with Gasteiger partial charge >= 0.3 is 0 Å². The van der Waals surface area contributed by atoms with Gasteiger partial charge in [-0.05, 0) is 39.7 Å². The molecule has 0 bridgehead atoms. The van der Waals surface area contributed by atoms with Gasteiger partial charge in [0.05, 0.1) is 12.1 Å². The molecule has 8 nitrogen and oxygen atoms in total. The third-order valence-electron chi connectivity index (χ3n) is 6.41. The highest BCUT2D eigenvalue weighted by Gasteiger charge is 2.58. The van der Waals surface area contributed by atoms with E-state index in [4.69, 9.17) is 10.7 Å². The minimum absolute atomic E-state index is 0.0243. The van der Waals surface area contributed by atoms with Crippen LogP contribution in [0.5, 0.6) is 0 Å². The molecule has 3 rings (SSSR count). The van der Waals surface area contributed by atoms with Crippen LogP contribution in [-0.2, 0) is 19.2 Å². The molecule has 1 saturated heterocycles. The standard InChI is InChI=1S/C20H32N4O4/c1-13(25)20-11-14(20)8-6-4-3-5-7-9-16(22-2)19(27)24-12-15(28-21)10-17(24)18(26)23-20/h6,8,14-17,22H,3-5,7,9-12,21H2,1-2H3,(H,23,26)/b8-6-/t14?,15-,16+,17+,20+/m1/s1. The highest BCUT2D eigenvalue weighted by molar-refractivity contribution is 5.98. The average molecular weight is 393 g/mol. The predicted octanol–water partition coefficient (Wildman–Crippen LogP) is 0.418. The van der Waals surface area contributed by atoms with Gasteiger partial charge in [0.2, 0.25) is 11.8 Å². The third-order valence-corrected chi connectivity index (χ3v) is 6.41. The number of fused-ring (bicyclic) bond motifs is 2. The summed E-state index contributed by atoms with van der Waals surface area (Å²) >= 11 is 0. The van der Waals surface area contributed by atoms with Gasteiger partial charge in [0, 0.05) is 18.9 Å². The fourth-order valence-electron chi connectivity index (χ4n) is 4.49. The van der Waals surface area contributed by atoms with Crippen molar-refractivity contribution in [1.82, 2.24) is 15.5 Å². The molecule has 1 saturated carbocycles. The molecule has 0 spiro atoms. The Kier molecular flexibility index (Phi) is 6.52. The van der Waals surface area contributed by atoms with Crippen LogP contribution in [0.2, 0.25) is 0 Å². The number of carbonyl (C=O) groups is 3. The van der Waals surface area contributed by atoms with Crippen LogP contribution in [0.4, 0.5) is 0 Å². The van der Waals surface area contributed by atoms with Gasteiger partial charge in [-0.3, -0.25) is 19.2 Å². The van der Waals surface area contributed by atoms with E-state index >= 15 is 0 Å². The van der Waals surface area contributed by atoms with Crippen molar-refractivity contribution < 1.29 is 19.2 Å². The van der Waals surface area contributed by atoms with Crippen molar-refractivity contribution in [2.75, 3.05) is 13.6 Å². The van der Waals surface area contributed by atoms with E-state index in [1.165, 1.54) is 6.92 Å². The summed E-state index contributed by atoms with van der Waals surface area (Å²) < 4.78 is 0. The Morgan fingerprint density at radius 2 is 2.14 bits per heavy atom. The molecule has 2 fully saturated rings. The summed E-state index contributed by atoms with van der Waals surface area (Å²) in [5, 5.41) is 6.04. The third kappa shape index (κ3) is 4.14. The number of rotatable bonds is 3. The first-order valence-electron chi connectivity index (χ1n) is 10.3. The fourth-order valence-corrected chi connectivity index (χ4v) is 4.49. The SMILES string of the molecule is CN[C@H]1CCCCC/C=C\C2C[C@@]2(C(C)=O)NC(=O)[C@@H]2C[C@@H](ON)CN2C1=O. The van der Waals surface area contributed by atoms with E-state index in [9.17, 15) is 14.4 Å². The first-order chi connectivity index (χ1) is 13.4. The van der Waals surface area contributed by atoms with Crippen LogP contribution in [0.3, 0.4) is 0 Å². The van der Waals surface area contributed by atoms with E-state index in [1.807, 2.05) is 0 Å². The van der Waals surface area contributed by atoms with Gasteiger partial charge in [0.1, 0.15) is 11.6 Å². The molecule has 8 heteroatoms. The minimum atomic E-state index is -0.841. The van der Waals surface area contributed by atoms with Crippen LogP contribution in [-0.4, -0.2) is 59.8 Å². The molecule has 3 aliphatic rings.